The lowest BCUT2D eigenvalue weighted by molar-refractivity contribution is 0.0695. The second-order valence-corrected chi connectivity index (χ2v) is 4.38. The fourth-order valence-corrected chi connectivity index (χ4v) is 2.27. The molecule has 2 N–H and O–H groups in total. The van der Waals surface area contributed by atoms with Crippen LogP contribution >= 0.6 is 0 Å². The third-order valence-electron chi connectivity index (χ3n) is 3.05. The molecular weight excluding hydrogens is 258 g/mol. The minimum absolute atomic E-state index is 0.0702. The minimum Gasteiger partial charge on any atom is -0.478 e. The summed E-state index contributed by atoms with van der Waals surface area (Å²) < 4.78 is 0. The zero-order valence-corrected chi connectivity index (χ0v) is 11.0. The number of carboxylic acid groups (broad SMARTS) is 2. The van der Waals surface area contributed by atoms with Crippen LogP contribution in [0.25, 0.3) is 11.1 Å². The lowest BCUT2D eigenvalue weighted by Gasteiger charge is -2.14. The van der Waals surface area contributed by atoms with E-state index >= 15 is 0 Å². The number of aromatic nitrogens is 1. The van der Waals surface area contributed by atoms with E-state index in [1.54, 1.807) is 44.2 Å². The Balaban J connectivity index is 2.94. The molecule has 1 aromatic carbocycles. The van der Waals surface area contributed by atoms with Crippen LogP contribution in [0, 0.1) is 13.8 Å². The average molecular weight is 271 g/mol. The molecule has 0 bridgehead atoms. The molecule has 0 radical (unpaired) electrons. The van der Waals surface area contributed by atoms with Crippen LogP contribution < -0.4 is 0 Å². The monoisotopic (exact) mass is 271 g/mol. The lowest BCUT2D eigenvalue weighted by Crippen LogP contribution is -2.13. The first-order valence-corrected chi connectivity index (χ1v) is 5.96. The molecule has 0 atom stereocenters. The maximum Gasteiger partial charge on any atom is 0.338 e. The predicted molar refractivity (Wildman–Crippen MR) is 73.1 cm³/mol. The number of aromatic carboxylic acids is 2. The van der Waals surface area contributed by atoms with Crippen molar-refractivity contribution in [3.05, 3.63) is 52.8 Å². The number of hydrogen-bond acceptors (Lipinski definition) is 3. The topological polar surface area (TPSA) is 87.5 Å². The SMILES string of the molecule is Cc1nc(C)c(C(=O)O)c(-c2ccccc2)c1C(=O)O. The smallest absolute Gasteiger partial charge is 0.338 e. The van der Waals surface area contributed by atoms with Crippen LogP contribution in [0.5, 0.6) is 0 Å². The Bertz CT molecular complexity index is 655. The van der Waals surface area contributed by atoms with E-state index in [9.17, 15) is 19.8 Å². The van der Waals surface area contributed by atoms with Crippen LogP contribution in [0.3, 0.4) is 0 Å². The Morgan fingerprint density at radius 1 is 0.900 bits per heavy atom. The molecular formula is C15H13NO4. The molecule has 5 heteroatoms. The van der Waals surface area contributed by atoms with Gasteiger partial charge in [-0.25, -0.2) is 9.59 Å². The van der Waals surface area contributed by atoms with Crippen molar-refractivity contribution in [3.63, 3.8) is 0 Å². The van der Waals surface area contributed by atoms with Gasteiger partial charge in [-0.05, 0) is 19.4 Å². The van der Waals surface area contributed by atoms with E-state index in [0.29, 0.717) is 17.0 Å². The fourth-order valence-electron chi connectivity index (χ4n) is 2.27. The third-order valence-corrected chi connectivity index (χ3v) is 3.05. The van der Waals surface area contributed by atoms with Gasteiger partial charge >= 0.3 is 11.9 Å². The number of aryl methyl sites for hydroxylation is 2. The highest BCUT2D eigenvalue weighted by Gasteiger charge is 2.25. The van der Waals surface area contributed by atoms with Crippen molar-refractivity contribution in [1.29, 1.82) is 0 Å². The molecule has 20 heavy (non-hydrogen) atoms. The Morgan fingerprint density at radius 2 is 1.35 bits per heavy atom. The maximum absolute atomic E-state index is 11.5. The normalized spacial score (nSPS) is 10.3. The van der Waals surface area contributed by atoms with Crippen molar-refractivity contribution in [3.8, 4) is 11.1 Å². The molecule has 0 unspecified atom stereocenters. The number of nitrogens with zero attached hydrogens (tertiary/aromatic N) is 1. The standard InChI is InChI=1S/C15H13NO4/c1-8-11(14(17)18)13(10-6-4-3-5-7-10)12(15(19)20)9(2)16-8/h3-7H,1-2H3,(H,17,18)(H,19,20). The molecule has 0 aliphatic heterocycles. The molecule has 2 aromatic rings. The van der Waals surface area contributed by atoms with Crippen molar-refractivity contribution in [1.82, 2.24) is 4.98 Å². The van der Waals surface area contributed by atoms with Gasteiger partial charge in [-0.1, -0.05) is 30.3 Å². The third kappa shape index (κ3) is 2.25. The van der Waals surface area contributed by atoms with Gasteiger partial charge in [-0.3, -0.25) is 4.98 Å². The number of rotatable bonds is 3. The van der Waals surface area contributed by atoms with E-state index in [-0.39, 0.29) is 16.7 Å². The number of benzene rings is 1. The van der Waals surface area contributed by atoms with E-state index in [0.717, 1.165) is 0 Å². The zero-order valence-electron chi connectivity index (χ0n) is 11.0. The quantitative estimate of drug-likeness (QED) is 0.896. The molecule has 2 rings (SSSR count). The van der Waals surface area contributed by atoms with Crippen LogP contribution in [0.1, 0.15) is 32.1 Å². The molecule has 1 heterocycles. The molecule has 0 saturated heterocycles. The number of hydrogen-bond donors (Lipinski definition) is 2. The highest BCUT2D eigenvalue weighted by Crippen LogP contribution is 2.31. The number of carboxylic acids is 2. The fraction of sp³-hybridized carbons (Fsp3) is 0.133. The van der Waals surface area contributed by atoms with Crippen LogP contribution in [0.4, 0.5) is 0 Å². The summed E-state index contributed by atoms with van der Waals surface area (Å²) in [6.45, 7) is 3.13. The van der Waals surface area contributed by atoms with Crippen molar-refractivity contribution >= 4 is 11.9 Å². The summed E-state index contributed by atoms with van der Waals surface area (Å²) in [5.74, 6) is -2.37. The van der Waals surface area contributed by atoms with Crippen molar-refractivity contribution in [2.75, 3.05) is 0 Å². The summed E-state index contributed by atoms with van der Waals surface area (Å²) in [6, 6.07) is 8.63. The molecule has 1 aromatic heterocycles. The molecule has 0 aliphatic rings. The Hall–Kier alpha value is -2.69. The summed E-state index contributed by atoms with van der Waals surface area (Å²) in [4.78, 5) is 27.0. The second kappa shape index (κ2) is 5.13. The average Bonchev–Trinajstić information content (AvgIpc) is 2.37. The summed E-state index contributed by atoms with van der Waals surface area (Å²) in [5.41, 5.74) is 1.22. The first kappa shape index (κ1) is 13.7. The van der Waals surface area contributed by atoms with Gasteiger partial charge in [-0.15, -0.1) is 0 Å². The van der Waals surface area contributed by atoms with Gasteiger partial charge in [0.2, 0.25) is 0 Å². The number of carbonyl (C=O) groups is 2. The van der Waals surface area contributed by atoms with Crippen LogP contribution in [-0.2, 0) is 0 Å². The van der Waals surface area contributed by atoms with Gasteiger partial charge in [-0.2, -0.15) is 0 Å². The first-order chi connectivity index (χ1) is 9.43. The van der Waals surface area contributed by atoms with Crippen LogP contribution in [0.2, 0.25) is 0 Å². The van der Waals surface area contributed by atoms with Gasteiger partial charge in [0.25, 0.3) is 0 Å². The molecule has 0 spiro atoms. The lowest BCUT2D eigenvalue weighted by atomic mass is 9.92. The van der Waals surface area contributed by atoms with E-state index in [1.165, 1.54) is 0 Å². The van der Waals surface area contributed by atoms with Gasteiger partial charge in [0, 0.05) is 5.56 Å². The molecule has 5 nitrogen and oxygen atoms in total. The minimum atomic E-state index is -1.18. The summed E-state index contributed by atoms with van der Waals surface area (Å²) >= 11 is 0. The molecule has 0 aliphatic carbocycles. The molecule has 0 amide bonds. The predicted octanol–water partition coefficient (Wildman–Crippen LogP) is 2.76. The number of pyridine rings is 1. The van der Waals surface area contributed by atoms with Gasteiger partial charge in [0.05, 0.1) is 22.5 Å². The Labute approximate surface area is 115 Å². The molecule has 0 saturated carbocycles. The highest BCUT2D eigenvalue weighted by atomic mass is 16.4. The summed E-state index contributed by atoms with van der Waals surface area (Å²) in [5, 5.41) is 18.7. The van der Waals surface area contributed by atoms with E-state index < -0.39 is 11.9 Å². The van der Waals surface area contributed by atoms with Gasteiger partial charge < -0.3 is 10.2 Å². The van der Waals surface area contributed by atoms with E-state index in [2.05, 4.69) is 4.98 Å². The van der Waals surface area contributed by atoms with Crippen LogP contribution in [0.15, 0.2) is 30.3 Å². The van der Waals surface area contributed by atoms with E-state index in [1.807, 2.05) is 0 Å². The van der Waals surface area contributed by atoms with Gasteiger partial charge in [0.1, 0.15) is 0 Å². The van der Waals surface area contributed by atoms with E-state index in [4.69, 9.17) is 0 Å². The first-order valence-electron chi connectivity index (χ1n) is 5.96. The van der Waals surface area contributed by atoms with Crippen molar-refractivity contribution in [2.24, 2.45) is 0 Å². The zero-order chi connectivity index (χ0) is 14.9. The second-order valence-electron chi connectivity index (χ2n) is 4.38. The maximum atomic E-state index is 11.5. The Kier molecular flexibility index (Phi) is 3.52. The molecule has 0 fully saturated rings. The Morgan fingerprint density at radius 3 is 1.75 bits per heavy atom. The molecule has 102 valence electrons. The highest BCUT2D eigenvalue weighted by molar-refractivity contribution is 6.06. The van der Waals surface area contributed by atoms with Gasteiger partial charge in [0.15, 0.2) is 0 Å². The largest absolute Gasteiger partial charge is 0.478 e. The summed E-state index contributed by atoms with van der Waals surface area (Å²) in [7, 11) is 0. The van der Waals surface area contributed by atoms with Crippen molar-refractivity contribution < 1.29 is 19.8 Å². The van der Waals surface area contributed by atoms with Crippen LogP contribution in [-0.4, -0.2) is 27.1 Å². The summed E-state index contributed by atoms with van der Waals surface area (Å²) in [6.07, 6.45) is 0. The van der Waals surface area contributed by atoms with Crippen molar-refractivity contribution in [2.45, 2.75) is 13.8 Å².